The van der Waals surface area contributed by atoms with E-state index in [2.05, 4.69) is 29.0 Å². The highest BCUT2D eigenvalue weighted by atomic mass is 16.2. The van der Waals surface area contributed by atoms with Crippen molar-refractivity contribution in [3.05, 3.63) is 0 Å². The maximum absolute atomic E-state index is 12.5. The van der Waals surface area contributed by atoms with Crippen LogP contribution in [-0.4, -0.2) is 61.0 Å². The third kappa shape index (κ3) is 4.74. The summed E-state index contributed by atoms with van der Waals surface area (Å²) >= 11 is 0. The molecule has 2 aliphatic heterocycles. The van der Waals surface area contributed by atoms with Gasteiger partial charge in [-0.15, -0.1) is 0 Å². The van der Waals surface area contributed by atoms with Crippen molar-refractivity contribution in [3.8, 4) is 0 Å². The van der Waals surface area contributed by atoms with Gasteiger partial charge in [0.2, 0.25) is 5.91 Å². The van der Waals surface area contributed by atoms with E-state index in [1.165, 1.54) is 38.8 Å². The molecule has 0 saturated carbocycles. The molecule has 0 radical (unpaired) electrons. The molecule has 0 aromatic rings. The van der Waals surface area contributed by atoms with Crippen LogP contribution >= 0.6 is 0 Å². The molecule has 0 spiro atoms. The van der Waals surface area contributed by atoms with E-state index in [4.69, 9.17) is 0 Å². The van der Waals surface area contributed by atoms with Crippen LogP contribution in [0.3, 0.4) is 0 Å². The van der Waals surface area contributed by atoms with Crippen molar-refractivity contribution in [2.75, 3.05) is 39.3 Å². The fraction of sp³-hybridized carbons (Fsp3) is 0.938. The van der Waals surface area contributed by atoms with Gasteiger partial charge >= 0.3 is 0 Å². The monoisotopic (exact) mass is 281 g/mol. The second-order valence-corrected chi connectivity index (χ2v) is 6.63. The van der Waals surface area contributed by atoms with Crippen molar-refractivity contribution in [2.24, 2.45) is 5.92 Å². The second kappa shape index (κ2) is 7.99. The van der Waals surface area contributed by atoms with Crippen LogP contribution < -0.4 is 5.32 Å². The molecule has 4 heteroatoms. The predicted octanol–water partition coefficient (Wildman–Crippen LogP) is 1.71. The fourth-order valence-corrected chi connectivity index (χ4v) is 3.35. The second-order valence-electron chi connectivity index (χ2n) is 6.63. The fourth-order valence-electron chi connectivity index (χ4n) is 3.35. The van der Waals surface area contributed by atoms with Crippen molar-refractivity contribution in [1.29, 1.82) is 0 Å². The molecule has 1 N–H and O–H groups in total. The summed E-state index contributed by atoms with van der Waals surface area (Å²) in [6.07, 6.45) is 5.72. The Morgan fingerprint density at radius 3 is 2.50 bits per heavy atom. The zero-order chi connectivity index (χ0) is 14.4. The van der Waals surface area contributed by atoms with Gasteiger partial charge in [-0.05, 0) is 71.6 Å². The van der Waals surface area contributed by atoms with Crippen molar-refractivity contribution in [2.45, 2.75) is 52.0 Å². The highest BCUT2D eigenvalue weighted by molar-refractivity contribution is 5.76. The first-order valence-electron chi connectivity index (χ1n) is 8.39. The molecule has 1 amide bonds. The Kier molecular flexibility index (Phi) is 6.30. The number of nitrogens with zero attached hydrogens (tertiary/aromatic N) is 2. The summed E-state index contributed by atoms with van der Waals surface area (Å²) in [5.74, 6) is 1.04. The number of amides is 1. The zero-order valence-corrected chi connectivity index (χ0v) is 13.2. The van der Waals surface area contributed by atoms with Gasteiger partial charge in [-0.2, -0.15) is 0 Å². The average molecular weight is 281 g/mol. The Morgan fingerprint density at radius 1 is 1.25 bits per heavy atom. The van der Waals surface area contributed by atoms with Crippen LogP contribution in [0.1, 0.15) is 46.0 Å². The molecular formula is C16H31N3O. The lowest BCUT2D eigenvalue weighted by Gasteiger charge is -2.33. The minimum atomic E-state index is 0.330. The third-order valence-corrected chi connectivity index (χ3v) is 4.70. The van der Waals surface area contributed by atoms with Crippen LogP contribution in [-0.2, 0) is 4.79 Å². The largest absolute Gasteiger partial charge is 0.340 e. The third-order valence-electron chi connectivity index (χ3n) is 4.70. The van der Waals surface area contributed by atoms with E-state index < -0.39 is 0 Å². The molecule has 0 aromatic heterocycles. The molecule has 2 heterocycles. The molecule has 116 valence electrons. The van der Waals surface area contributed by atoms with Crippen molar-refractivity contribution < 1.29 is 4.79 Å². The summed E-state index contributed by atoms with van der Waals surface area (Å²) in [6.45, 7) is 10.8. The van der Waals surface area contributed by atoms with Gasteiger partial charge in [-0.25, -0.2) is 0 Å². The Balaban J connectivity index is 1.78. The molecule has 2 saturated heterocycles. The molecule has 0 aliphatic carbocycles. The molecule has 2 rings (SSSR count). The number of hydrogen-bond acceptors (Lipinski definition) is 3. The quantitative estimate of drug-likeness (QED) is 0.805. The van der Waals surface area contributed by atoms with E-state index >= 15 is 0 Å². The molecule has 0 unspecified atom stereocenters. The van der Waals surface area contributed by atoms with Gasteiger partial charge in [0.05, 0.1) is 0 Å². The van der Waals surface area contributed by atoms with Crippen molar-refractivity contribution in [3.63, 3.8) is 0 Å². The van der Waals surface area contributed by atoms with Gasteiger partial charge in [0.1, 0.15) is 0 Å². The van der Waals surface area contributed by atoms with Crippen LogP contribution in [0.4, 0.5) is 0 Å². The number of likely N-dealkylation sites (tertiary alicyclic amines) is 1. The lowest BCUT2D eigenvalue weighted by Crippen LogP contribution is -2.43. The number of hydrogen-bond donors (Lipinski definition) is 1. The van der Waals surface area contributed by atoms with Crippen LogP contribution in [0.2, 0.25) is 0 Å². The maximum atomic E-state index is 12.5. The lowest BCUT2D eigenvalue weighted by molar-refractivity contribution is -0.134. The molecule has 20 heavy (non-hydrogen) atoms. The summed E-state index contributed by atoms with van der Waals surface area (Å²) in [6, 6.07) is 0.330. The number of piperidine rings is 1. The lowest BCUT2D eigenvalue weighted by atomic mass is 9.97. The maximum Gasteiger partial charge on any atom is 0.224 e. The van der Waals surface area contributed by atoms with E-state index in [-0.39, 0.29) is 0 Å². The number of carbonyl (C=O) groups excluding carboxylic acids is 1. The highest BCUT2D eigenvalue weighted by Gasteiger charge is 2.23. The van der Waals surface area contributed by atoms with Crippen LogP contribution in [0.15, 0.2) is 0 Å². The smallest absolute Gasteiger partial charge is 0.224 e. The zero-order valence-electron chi connectivity index (χ0n) is 13.2. The topological polar surface area (TPSA) is 35.6 Å². The van der Waals surface area contributed by atoms with Gasteiger partial charge in [-0.3, -0.25) is 4.79 Å². The van der Waals surface area contributed by atoms with Gasteiger partial charge in [0, 0.05) is 25.6 Å². The molecular weight excluding hydrogens is 250 g/mol. The van der Waals surface area contributed by atoms with E-state index in [0.29, 0.717) is 24.3 Å². The summed E-state index contributed by atoms with van der Waals surface area (Å²) in [5, 5.41) is 3.40. The Labute approximate surface area is 123 Å². The van der Waals surface area contributed by atoms with Crippen LogP contribution in [0.25, 0.3) is 0 Å². The van der Waals surface area contributed by atoms with Gasteiger partial charge in [0.25, 0.3) is 0 Å². The highest BCUT2D eigenvalue weighted by Crippen LogP contribution is 2.16. The molecule has 0 aromatic carbocycles. The minimum absolute atomic E-state index is 0.330. The van der Waals surface area contributed by atoms with E-state index in [9.17, 15) is 4.79 Å². The summed E-state index contributed by atoms with van der Waals surface area (Å²) in [5.41, 5.74) is 0. The first-order valence-corrected chi connectivity index (χ1v) is 8.39. The number of carbonyl (C=O) groups is 1. The van der Waals surface area contributed by atoms with Crippen molar-refractivity contribution in [1.82, 2.24) is 15.1 Å². The van der Waals surface area contributed by atoms with E-state index in [0.717, 1.165) is 26.2 Å². The standard InChI is InChI=1S/C16H31N3O/c1-14(2)19(13-15-5-8-17-9-6-15)16(20)7-12-18-10-3-4-11-18/h14-15,17H,3-13H2,1-2H3. The summed E-state index contributed by atoms with van der Waals surface area (Å²) in [4.78, 5) is 17.0. The first-order chi connectivity index (χ1) is 9.66. The predicted molar refractivity (Wildman–Crippen MR) is 82.7 cm³/mol. The molecule has 0 bridgehead atoms. The Morgan fingerprint density at radius 2 is 1.90 bits per heavy atom. The Hall–Kier alpha value is -0.610. The molecule has 2 aliphatic rings. The van der Waals surface area contributed by atoms with Gasteiger partial charge in [-0.1, -0.05) is 0 Å². The summed E-state index contributed by atoms with van der Waals surface area (Å²) < 4.78 is 0. The minimum Gasteiger partial charge on any atom is -0.340 e. The normalized spacial score (nSPS) is 21.6. The van der Waals surface area contributed by atoms with Gasteiger partial charge < -0.3 is 15.1 Å². The van der Waals surface area contributed by atoms with E-state index in [1.54, 1.807) is 0 Å². The SMILES string of the molecule is CC(C)N(CC1CCNCC1)C(=O)CCN1CCCC1. The number of nitrogens with one attached hydrogen (secondary N) is 1. The van der Waals surface area contributed by atoms with Gasteiger partial charge in [0.15, 0.2) is 0 Å². The van der Waals surface area contributed by atoms with E-state index in [1.807, 2.05) is 0 Å². The van der Waals surface area contributed by atoms with Crippen LogP contribution in [0, 0.1) is 5.92 Å². The van der Waals surface area contributed by atoms with Crippen molar-refractivity contribution >= 4 is 5.91 Å². The average Bonchev–Trinajstić information content (AvgIpc) is 2.96. The molecule has 4 nitrogen and oxygen atoms in total. The molecule has 0 atom stereocenters. The molecule has 2 fully saturated rings. The number of rotatable bonds is 6. The summed E-state index contributed by atoms with van der Waals surface area (Å²) in [7, 11) is 0. The van der Waals surface area contributed by atoms with Crippen LogP contribution in [0.5, 0.6) is 0 Å². The first kappa shape index (κ1) is 15.8. The Bertz CT molecular complexity index is 294.